The Labute approximate surface area is 160 Å². The SMILES string of the molecule is O=C(CC1CCC(=O)N1Cc1cccc(F)c1F)NCc1ccc(Cl)nc1. The first kappa shape index (κ1) is 19.2. The van der Waals surface area contributed by atoms with Gasteiger partial charge in [-0.25, -0.2) is 13.8 Å². The van der Waals surface area contributed by atoms with Gasteiger partial charge in [0.15, 0.2) is 11.6 Å². The summed E-state index contributed by atoms with van der Waals surface area (Å²) in [5, 5.41) is 3.14. The van der Waals surface area contributed by atoms with Gasteiger partial charge in [0.2, 0.25) is 11.8 Å². The molecule has 5 nitrogen and oxygen atoms in total. The number of carbonyl (C=O) groups excluding carboxylic acids is 2. The smallest absolute Gasteiger partial charge is 0.223 e. The maximum absolute atomic E-state index is 13.9. The number of benzene rings is 1. The second-order valence-corrected chi connectivity index (χ2v) is 6.78. The number of pyridine rings is 1. The number of nitrogens with zero attached hydrogens (tertiary/aromatic N) is 2. The van der Waals surface area contributed by atoms with E-state index in [1.807, 2.05) is 0 Å². The van der Waals surface area contributed by atoms with E-state index in [2.05, 4.69) is 10.3 Å². The number of rotatable bonds is 6. The molecule has 0 aliphatic carbocycles. The van der Waals surface area contributed by atoms with E-state index in [-0.39, 0.29) is 42.8 Å². The molecule has 1 atom stereocenters. The van der Waals surface area contributed by atoms with Crippen molar-refractivity contribution in [3.8, 4) is 0 Å². The third kappa shape index (κ3) is 4.80. The molecule has 1 N–H and O–H groups in total. The largest absolute Gasteiger partial charge is 0.352 e. The van der Waals surface area contributed by atoms with Crippen LogP contribution in [0.25, 0.3) is 0 Å². The molecule has 1 aliphatic rings. The topological polar surface area (TPSA) is 62.3 Å². The Kier molecular flexibility index (Phi) is 6.01. The second kappa shape index (κ2) is 8.43. The van der Waals surface area contributed by atoms with Crippen LogP contribution in [-0.4, -0.2) is 27.7 Å². The van der Waals surface area contributed by atoms with Gasteiger partial charge in [0, 0.05) is 43.7 Å². The molecule has 1 fully saturated rings. The maximum atomic E-state index is 13.9. The van der Waals surface area contributed by atoms with E-state index in [0.29, 0.717) is 18.1 Å². The van der Waals surface area contributed by atoms with Crippen LogP contribution in [0.1, 0.15) is 30.4 Å². The minimum atomic E-state index is -0.962. The summed E-state index contributed by atoms with van der Waals surface area (Å²) in [5.74, 6) is -2.31. The molecule has 2 amide bonds. The minimum Gasteiger partial charge on any atom is -0.352 e. The Balaban J connectivity index is 1.59. The Morgan fingerprint density at radius 3 is 2.85 bits per heavy atom. The van der Waals surface area contributed by atoms with Crippen molar-refractivity contribution < 1.29 is 18.4 Å². The lowest BCUT2D eigenvalue weighted by molar-refractivity contribution is -0.130. The maximum Gasteiger partial charge on any atom is 0.223 e. The highest BCUT2D eigenvalue weighted by Crippen LogP contribution is 2.25. The van der Waals surface area contributed by atoms with E-state index in [9.17, 15) is 18.4 Å². The molecule has 0 spiro atoms. The highest BCUT2D eigenvalue weighted by Gasteiger charge is 2.33. The van der Waals surface area contributed by atoms with Crippen LogP contribution in [0.5, 0.6) is 0 Å². The van der Waals surface area contributed by atoms with E-state index in [4.69, 9.17) is 11.6 Å². The monoisotopic (exact) mass is 393 g/mol. The standard InChI is InChI=1S/C19H18ClF2N3O2/c20-16-6-4-12(9-23-16)10-24-17(26)8-14-5-7-18(27)25(14)11-13-2-1-3-15(21)19(13)22/h1-4,6,9,14H,5,7-8,10-11H2,(H,24,26). The van der Waals surface area contributed by atoms with Crippen LogP contribution in [0.2, 0.25) is 5.15 Å². The second-order valence-electron chi connectivity index (χ2n) is 6.40. The summed E-state index contributed by atoms with van der Waals surface area (Å²) in [4.78, 5) is 29.8. The lowest BCUT2D eigenvalue weighted by atomic mass is 10.1. The molecule has 142 valence electrons. The Bertz CT molecular complexity index is 845. The third-order valence-corrected chi connectivity index (χ3v) is 4.75. The van der Waals surface area contributed by atoms with Crippen LogP contribution >= 0.6 is 11.6 Å². The van der Waals surface area contributed by atoms with Crippen molar-refractivity contribution in [2.75, 3.05) is 0 Å². The number of carbonyl (C=O) groups is 2. The number of nitrogens with one attached hydrogen (secondary N) is 1. The quantitative estimate of drug-likeness (QED) is 0.766. The number of hydrogen-bond acceptors (Lipinski definition) is 3. The van der Waals surface area contributed by atoms with E-state index >= 15 is 0 Å². The minimum absolute atomic E-state index is 0.0541. The van der Waals surface area contributed by atoms with Gasteiger partial charge in [0.05, 0.1) is 0 Å². The fourth-order valence-electron chi connectivity index (χ4n) is 3.07. The lowest BCUT2D eigenvalue weighted by Crippen LogP contribution is -2.37. The highest BCUT2D eigenvalue weighted by molar-refractivity contribution is 6.29. The zero-order valence-electron chi connectivity index (χ0n) is 14.4. The number of hydrogen-bond donors (Lipinski definition) is 1. The van der Waals surface area contributed by atoms with Gasteiger partial charge in [-0.3, -0.25) is 9.59 Å². The van der Waals surface area contributed by atoms with E-state index < -0.39 is 11.6 Å². The van der Waals surface area contributed by atoms with Crippen LogP contribution in [0.3, 0.4) is 0 Å². The molecule has 3 rings (SSSR count). The Hall–Kier alpha value is -2.54. The number of aromatic nitrogens is 1. The molecule has 8 heteroatoms. The van der Waals surface area contributed by atoms with Crippen molar-refractivity contribution >= 4 is 23.4 Å². The summed E-state index contributed by atoms with van der Waals surface area (Å²) in [6.07, 6.45) is 2.46. The molecule has 1 aromatic heterocycles. The van der Waals surface area contributed by atoms with Crippen LogP contribution < -0.4 is 5.32 Å². The lowest BCUT2D eigenvalue weighted by Gasteiger charge is -2.25. The molecule has 1 saturated heterocycles. The van der Waals surface area contributed by atoms with Crippen LogP contribution in [0.15, 0.2) is 36.5 Å². The molecular formula is C19H18ClF2N3O2. The average molecular weight is 394 g/mol. The van der Waals surface area contributed by atoms with E-state index in [0.717, 1.165) is 11.6 Å². The van der Waals surface area contributed by atoms with Gasteiger partial charge in [-0.15, -0.1) is 0 Å². The first-order valence-corrected chi connectivity index (χ1v) is 8.91. The molecule has 2 aromatic rings. The Morgan fingerprint density at radius 2 is 2.11 bits per heavy atom. The summed E-state index contributed by atoms with van der Waals surface area (Å²) in [7, 11) is 0. The van der Waals surface area contributed by atoms with Crippen molar-refractivity contribution in [3.05, 3.63) is 64.4 Å². The summed E-state index contributed by atoms with van der Waals surface area (Å²) in [5.41, 5.74) is 0.900. The van der Waals surface area contributed by atoms with Crippen LogP contribution in [-0.2, 0) is 22.7 Å². The van der Waals surface area contributed by atoms with Gasteiger partial charge in [-0.05, 0) is 24.1 Å². The van der Waals surface area contributed by atoms with Gasteiger partial charge in [0.25, 0.3) is 0 Å². The summed E-state index contributed by atoms with van der Waals surface area (Å²) in [6, 6.07) is 6.91. The molecule has 0 saturated carbocycles. The van der Waals surface area contributed by atoms with E-state index in [1.54, 1.807) is 18.3 Å². The first-order chi connectivity index (χ1) is 12.9. The zero-order valence-corrected chi connectivity index (χ0v) is 15.2. The molecule has 0 radical (unpaired) electrons. The molecule has 1 aliphatic heterocycles. The van der Waals surface area contributed by atoms with Crippen molar-refractivity contribution in [1.82, 2.24) is 15.2 Å². The van der Waals surface area contributed by atoms with Crippen molar-refractivity contribution in [3.63, 3.8) is 0 Å². The van der Waals surface area contributed by atoms with Gasteiger partial charge in [-0.2, -0.15) is 0 Å². The average Bonchev–Trinajstić information content (AvgIpc) is 2.98. The molecule has 1 aromatic carbocycles. The van der Waals surface area contributed by atoms with Crippen molar-refractivity contribution in [2.24, 2.45) is 0 Å². The fourth-order valence-corrected chi connectivity index (χ4v) is 3.19. The Morgan fingerprint density at radius 1 is 1.30 bits per heavy atom. The van der Waals surface area contributed by atoms with Gasteiger partial charge >= 0.3 is 0 Å². The predicted molar refractivity (Wildman–Crippen MR) is 95.6 cm³/mol. The fraction of sp³-hybridized carbons (Fsp3) is 0.316. The zero-order chi connectivity index (χ0) is 19.4. The van der Waals surface area contributed by atoms with Gasteiger partial charge < -0.3 is 10.2 Å². The van der Waals surface area contributed by atoms with Crippen LogP contribution in [0, 0.1) is 11.6 Å². The number of halogens is 3. The van der Waals surface area contributed by atoms with Crippen LogP contribution in [0.4, 0.5) is 8.78 Å². The van der Waals surface area contributed by atoms with Gasteiger partial charge in [-0.1, -0.05) is 29.8 Å². The molecule has 2 heterocycles. The number of likely N-dealkylation sites (tertiary alicyclic amines) is 1. The van der Waals surface area contributed by atoms with Gasteiger partial charge in [0.1, 0.15) is 5.15 Å². The molecular weight excluding hydrogens is 376 g/mol. The normalized spacial score (nSPS) is 16.6. The van der Waals surface area contributed by atoms with E-state index in [1.165, 1.54) is 17.0 Å². The molecule has 0 bridgehead atoms. The number of amides is 2. The predicted octanol–water partition coefficient (Wildman–Crippen LogP) is 3.21. The first-order valence-electron chi connectivity index (χ1n) is 8.53. The molecule has 1 unspecified atom stereocenters. The summed E-state index contributed by atoms with van der Waals surface area (Å²) >= 11 is 5.72. The molecule has 27 heavy (non-hydrogen) atoms. The van der Waals surface area contributed by atoms with Crippen molar-refractivity contribution in [2.45, 2.75) is 38.4 Å². The van der Waals surface area contributed by atoms with Crippen molar-refractivity contribution in [1.29, 1.82) is 0 Å². The highest BCUT2D eigenvalue weighted by atomic mass is 35.5. The summed E-state index contributed by atoms with van der Waals surface area (Å²) in [6.45, 7) is 0.240. The summed E-state index contributed by atoms with van der Waals surface area (Å²) < 4.78 is 27.3. The third-order valence-electron chi connectivity index (χ3n) is 4.52.